The van der Waals surface area contributed by atoms with E-state index in [0.717, 1.165) is 0 Å². The Hall–Kier alpha value is -1.30. The first-order valence-electron chi connectivity index (χ1n) is 3.41. The molecule has 1 N–H and O–H groups in total. The molecule has 0 heterocycles. The summed E-state index contributed by atoms with van der Waals surface area (Å²) in [5.41, 5.74) is 0. The molecule has 0 saturated heterocycles. The van der Waals surface area contributed by atoms with Gasteiger partial charge < -0.3 is 0 Å². The molecule has 0 aromatic heterocycles. The summed E-state index contributed by atoms with van der Waals surface area (Å²) in [5.74, 6) is 0. The Balaban J connectivity index is 3.02. The molecule has 7 nitrogen and oxygen atoms in total. The van der Waals surface area contributed by atoms with E-state index in [1.807, 2.05) is 0 Å². The van der Waals surface area contributed by atoms with Gasteiger partial charge in [0.1, 0.15) is 0 Å². The van der Waals surface area contributed by atoms with E-state index in [9.17, 15) is 13.9 Å². The van der Waals surface area contributed by atoms with Crippen molar-refractivity contribution in [1.29, 1.82) is 0 Å². The van der Waals surface area contributed by atoms with E-state index in [4.69, 9.17) is 5.26 Å². The molecule has 0 aliphatic carbocycles. The van der Waals surface area contributed by atoms with Gasteiger partial charge in [0, 0.05) is 0 Å². The standard InChI is InChI=1S/C6H6AsNO6/c9-7(14-12,13-8(10)11)6-4-2-1-3-5-6/h1-5,12H. The fraction of sp³-hybridized carbons (Fsp3) is 0. The van der Waals surface area contributed by atoms with Crippen molar-refractivity contribution in [2.75, 3.05) is 0 Å². The second-order valence-electron chi connectivity index (χ2n) is 2.22. The summed E-state index contributed by atoms with van der Waals surface area (Å²) >= 11 is -4.92. The molecule has 0 amide bonds. The molecule has 1 unspecified atom stereocenters. The van der Waals surface area contributed by atoms with E-state index in [-0.39, 0.29) is 4.35 Å². The van der Waals surface area contributed by atoms with Crippen LogP contribution < -0.4 is 4.35 Å². The third-order valence-electron chi connectivity index (χ3n) is 1.35. The van der Waals surface area contributed by atoms with Crippen molar-refractivity contribution in [2.45, 2.75) is 0 Å². The van der Waals surface area contributed by atoms with Crippen LogP contribution in [0.1, 0.15) is 0 Å². The maximum atomic E-state index is 11.5. The van der Waals surface area contributed by atoms with Crippen LogP contribution in [0.5, 0.6) is 0 Å². The molecule has 0 radical (unpaired) electrons. The molecule has 0 fully saturated rings. The monoisotopic (exact) mass is 263 g/mol. The van der Waals surface area contributed by atoms with Gasteiger partial charge in [-0.15, -0.1) is 0 Å². The summed E-state index contributed by atoms with van der Waals surface area (Å²) in [6, 6.07) is 7.21. The summed E-state index contributed by atoms with van der Waals surface area (Å²) in [6.45, 7) is 0. The molecule has 1 aromatic carbocycles. The van der Waals surface area contributed by atoms with Crippen molar-refractivity contribution in [3.8, 4) is 0 Å². The van der Waals surface area contributed by atoms with Crippen LogP contribution in [0.25, 0.3) is 0 Å². The van der Waals surface area contributed by atoms with Gasteiger partial charge in [-0.1, -0.05) is 0 Å². The van der Waals surface area contributed by atoms with Crippen LogP contribution in [-0.2, 0) is 11.4 Å². The zero-order valence-corrected chi connectivity index (χ0v) is 8.65. The van der Waals surface area contributed by atoms with Gasteiger partial charge in [0.25, 0.3) is 0 Å². The Morgan fingerprint density at radius 3 is 2.36 bits per heavy atom. The summed E-state index contributed by atoms with van der Waals surface area (Å²) in [7, 11) is 0. The van der Waals surface area contributed by atoms with E-state index in [0.29, 0.717) is 0 Å². The zero-order valence-electron chi connectivity index (χ0n) is 6.77. The molecular formula is C6H6AsNO6. The first-order valence-corrected chi connectivity index (χ1v) is 6.65. The molecule has 76 valence electrons. The van der Waals surface area contributed by atoms with Crippen molar-refractivity contribution in [2.24, 2.45) is 0 Å². The second-order valence-corrected chi connectivity index (χ2v) is 6.08. The molecular weight excluding hydrogens is 257 g/mol. The molecule has 0 saturated carbocycles. The molecule has 0 spiro atoms. The maximum absolute atomic E-state index is 11.5. The molecule has 1 atom stereocenters. The molecule has 1 rings (SSSR count). The minimum absolute atomic E-state index is 0.0372. The molecule has 0 bridgehead atoms. The summed E-state index contributed by atoms with van der Waals surface area (Å²) in [5, 5.41) is 17.0. The van der Waals surface area contributed by atoms with Crippen LogP contribution in [0.4, 0.5) is 0 Å². The number of hydrogen-bond donors (Lipinski definition) is 1. The second kappa shape index (κ2) is 4.27. The van der Waals surface area contributed by atoms with Gasteiger partial charge >= 0.3 is 80.8 Å². The molecule has 8 heteroatoms. The minimum atomic E-state index is -4.92. The predicted molar refractivity (Wildman–Crippen MR) is 44.3 cm³/mol. The Bertz CT molecular complexity index is 366. The Kier molecular flexibility index (Phi) is 3.29. The quantitative estimate of drug-likeness (QED) is 0.354. The van der Waals surface area contributed by atoms with E-state index in [2.05, 4.69) is 7.70 Å². The van der Waals surface area contributed by atoms with E-state index >= 15 is 0 Å². The molecule has 1 aromatic rings. The number of nitrogens with zero attached hydrogens (tertiary/aromatic N) is 1. The van der Waals surface area contributed by atoms with Gasteiger partial charge in [0.2, 0.25) is 0 Å². The summed E-state index contributed by atoms with van der Waals surface area (Å²) in [4.78, 5) is 9.98. The van der Waals surface area contributed by atoms with Crippen molar-refractivity contribution < 1.29 is 21.8 Å². The third kappa shape index (κ3) is 2.35. The van der Waals surface area contributed by atoms with Crippen molar-refractivity contribution in [3.63, 3.8) is 0 Å². The number of hydrogen-bond acceptors (Lipinski definition) is 6. The Labute approximate surface area is 81.3 Å². The van der Waals surface area contributed by atoms with Crippen LogP contribution in [0.3, 0.4) is 0 Å². The molecule has 0 aliphatic heterocycles. The molecule has 14 heavy (non-hydrogen) atoms. The van der Waals surface area contributed by atoms with Crippen LogP contribution in [0.2, 0.25) is 0 Å². The van der Waals surface area contributed by atoms with Crippen molar-refractivity contribution in [3.05, 3.63) is 40.4 Å². The fourth-order valence-corrected chi connectivity index (χ4v) is 2.76. The predicted octanol–water partition coefficient (Wildman–Crippen LogP) is -0.0391. The van der Waals surface area contributed by atoms with Gasteiger partial charge in [-0.2, -0.15) is 0 Å². The topological polar surface area (TPSA) is 98.9 Å². The molecule has 0 aliphatic rings. The van der Waals surface area contributed by atoms with Gasteiger partial charge in [0.05, 0.1) is 0 Å². The van der Waals surface area contributed by atoms with Gasteiger partial charge in [0.15, 0.2) is 0 Å². The Morgan fingerprint density at radius 1 is 1.36 bits per heavy atom. The van der Waals surface area contributed by atoms with E-state index in [1.54, 1.807) is 6.07 Å². The average molecular weight is 263 g/mol. The fourth-order valence-electron chi connectivity index (χ4n) is 0.808. The average Bonchev–Trinajstić information content (AvgIpc) is 2.18. The van der Waals surface area contributed by atoms with Crippen LogP contribution in [-0.4, -0.2) is 24.5 Å². The Morgan fingerprint density at radius 2 is 1.93 bits per heavy atom. The van der Waals surface area contributed by atoms with E-state index < -0.39 is 19.3 Å². The van der Waals surface area contributed by atoms with Crippen LogP contribution in [0, 0.1) is 10.1 Å². The van der Waals surface area contributed by atoms with E-state index in [1.165, 1.54) is 24.3 Å². The SMILES string of the molecule is O=[N+]([O-])O[As](=O)(OO)c1ccccc1. The summed E-state index contributed by atoms with van der Waals surface area (Å²) in [6.07, 6.45) is 0. The first-order chi connectivity index (χ1) is 6.58. The van der Waals surface area contributed by atoms with Crippen LogP contribution >= 0.6 is 0 Å². The number of benzene rings is 1. The van der Waals surface area contributed by atoms with Crippen molar-refractivity contribution in [1.82, 2.24) is 0 Å². The van der Waals surface area contributed by atoms with Gasteiger partial charge in [-0.25, -0.2) is 0 Å². The first kappa shape index (κ1) is 10.8. The summed E-state index contributed by atoms with van der Waals surface area (Å²) < 4.78 is 18.9. The number of rotatable bonds is 4. The zero-order chi connectivity index (χ0) is 10.6. The normalized spacial score (nSPS) is 14.4. The van der Waals surface area contributed by atoms with Crippen molar-refractivity contribution >= 4 is 18.5 Å². The van der Waals surface area contributed by atoms with Gasteiger partial charge in [-0.3, -0.25) is 0 Å². The van der Waals surface area contributed by atoms with Gasteiger partial charge in [-0.05, 0) is 0 Å². The third-order valence-corrected chi connectivity index (χ3v) is 4.49. The van der Waals surface area contributed by atoms with Crippen LogP contribution in [0.15, 0.2) is 30.3 Å².